The van der Waals surface area contributed by atoms with Gasteiger partial charge in [-0.15, -0.1) is 0 Å². The standard InChI is InChI=1S/C10H12N4O.C9H16N2O/c1-7-2-3-9(15-7)14-6-13-8-4-11-5-12-10(8)14;1-8-3-4-9(12-8)11-6-2-5-10-7-11/h4-7,9H,2-3H2,1H3;2,6,8-10H,3-5,7H2,1H3. The van der Waals surface area contributed by atoms with Crippen LogP contribution >= 0.6 is 0 Å². The minimum absolute atomic E-state index is 0.0832. The predicted octanol–water partition coefficient (Wildman–Crippen LogP) is 2.41. The van der Waals surface area contributed by atoms with Crippen LogP contribution in [0, 0.1) is 0 Å². The Morgan fingerprint density at radius 3 is 2.48 bits per heavy atom. The van der Waals surface area contributed by atoms with Crippen molar-refractivity contribution in [2.75, 3.05) is 13.2 Å². The van der Waals surface area contributed by atoms with Gasteiger partial charge in [-0.25, -0.2) is 15.0 Å². The second-order valence-electron chi connectivity index (χ2n) is 7.35. The number of imidazole rings is 1. The van der Waals surface area contributed by atoms with E-state index < -0.39 is 0 Å². The van der Waals surface area contributed by atoms with Crippen LogP contribution < -0.4 is 5.32 Å². The maximum absolute atomic E-state index is 5.78. The Bertz CT molecular complexity index is 778. The maximum atomic E-state index is 5.78. The fourth-order valence-corrected chi connectivity index (χ4v) is 3.72. The molecule has 4 unspecified atom stereocenters. The molecule has 2 aromatic rings. The second kappa shape index (κ2) is 8.33. The van der Waals surface area contributed by atoms with Crippen LogP contribution in [0.25, 0.3) is 11.2 Å². The van der Waals surface area contributed by atoms with Gasteiger partial charge in [0.05, 0.1) is 31.4 Å². The Kier molecular flexibility index (Phi) is 5.66. The monoisotopic (exact) mass is 372 g/mol. The molecule has 8 nitrogen and oxygen atoms in total. The molecule has 0 aliphatic carbocycles. The molecule has 27 heavy (non-hydrogen) atoms. The predicted molar refractivity (Wildman–Crippen MR) is 102 cm³/mol. The number of hydrogen-bond acceptors (Lipinski definition) is 7. The highest BCUT2D eigenvalue weighted by molar-refractivity contribution is 5.68. The number of nitrogens with zero attached hydrogens (tertiary/aromatic N) is 5. The highest BCUT2D eigenvalue weighted by atomic mass is 16.5. The Balaban J connectivity index is 0.000000137. The summed E-state index contributed by atoms with van der Waals surface area (Å²) >= 11 is 0. The first kappa shape index (κ1) is 18.3. The lowest BCUT2D eigenvalue weighted by Crippen LogP contribution is -2.40. The summed E-state index contributed by atoms with van der Waals surface area (Å²) in [5.41, 5.74) is 1.67. The molecule has 146 valence electrons. The molecular weight excluding hydrogens is 344 g/mol. The van der Waals surface area contributed by atoms with Gasteiger partial charge in [0.25, 0.3) is 0 Å². The van der Waals surface area contributed by atoms with E-state index in [0.29, 0.717) is 18.4 Å². The first-order valence-electron chi connectivity index (χ1n) is 9.77. The van der Waals surface area contributed by atoms with Crippen LogP contribution in [0.5, 0.6) is 0 Å². The lowest BCUT2D eigenvalue weighted by atomic mass is 10.2. The van der Waals surface area contributed by atoms with Gasteiger partial charge in [-0.2, -0.15) is 0 Å². The van der Waals surface area contributed by atoms with Crippen molar-refractivity contribution in [3.63, 3.8) is 0 Å². The highest BCUT2D eigenvalue weighted by Gasteiger charge is 2.26. The normalized spacial score (nSPS) is 30.5. The number of rotatable bonds is 2. The van der Waals surface area contributed by atoms with Crippen LogP contribution in [0.15, 0.2) is 31.1 Å². The van der Waals surface area contributed by atoms with E-state index in [1.165, 1.54) is 6.42 Å². The summed E-state index contributed by atoms with van der Waals surface area (Å²) < 4.78 is 13.5. The first-order valence-corrected chi connectivity index (χ1v) is 9.77. The zero-order valence-corrected chi connectivity index (χ0v) is 16.0. The second-order valence-corrected chi connectivity index (χ2v) is 7.35. The number of ether oxygens (including phenoxy) is 2. The molecule has 8 heteroatoms. The van der Waals surface area contributed by atoms with Crippen molar-refractivity contribution < 1.29 is 9.47 Å². The first-order chi connectivity index (χ1) is 13.2. The Morgan fingerprint density at radius 1 is 1.04 bits per heavy atom. The molecule has 3 aliphatic rings. The number of nitrogens with one attached hydrogen (secondary N) is 1. The minimum atomic E-state index is 0.0832. The van der Waals surface area contributed by atoms with Gasteiger partial charge in [0.2, 0.25) is 0 Å². The van der Waals surface area contributed by atoms with Crippen LogP contribution in [-0.2, 0) is 9.47 Å². The number of fused-ring (bicyclic) bond motifs is 1. The lowest BCUT2D eigenvalue weighted by molar-refractivity contribution is -0.0306. The molecule has 0 bridgehead atoms. The van der Waals surface area contributed by atoms with Gasteiger partial charge in [0, 0.05) is 12.7 Å². The largest absolute Gasteiger partial charge is 0.355 e. The molecule has 0 saturated carbocycles. The van der Waals surface area contributed by atoms with Crippen molar-refractivity contribution in [1.29, 1.82) is 0 Å². The van der Waals surface area contributed by atoms with Gasteiger partial charge < -0.3 is 14.4 Å². The van der Waals surface area contributed by atoms with Crippen molar-refractivity contribution in [2.45, 2.75) is 64.2 Å². The van der Waals surface area contributed by atoms with E-state index in [0.717, 1.165) is 43.6 Å². The summed E-state index contributed by atoms with van der Waals surface area (Å²) in [4.78, 5) is 14.6. The summed E-state index contributed by atoms with van der Waals surface area (Å²) in [7, 11) is 0. The topological polar surface area (TPSA) is 77.3 Å². The summed E-state index contributed by atoms with van der Waals surface area (Å²) in [5, 5.41) is 3.29. The van der Waals surface area contributed by atoms with E-state index in [-0.39, 0.29) is 6.23 Å². The van der Waals surface area contributed by atoms with Crippen LogP contribution in [-0.4, -0.2) is 56.1 Å². The van der Waals surface area contributed by atoms with Gasteiger partial charge in [-0.05, 0) is 39.5 Å². The highest BCUT2D eigenvalue weighted by Crippen LogP contribution is 2.29. The third kappa shape index (κ3) is 4.28. The molecule has 5 rings (SSSR count). The van der Waals surface area contributed by atoms with E-state index >= 15 is 0 Å². The fraction of sp³-hybridized carbons (Fsp3) is 0.632. The van der Waals surface area contributed by atoms with Gasteiger partial charge in [0.1, 0.15) is 24.3 Å². The summed E-state index contributed by atoms with van der Waals surface area (Å²) in [5.74, 6) is 0. The van der Waals surface area contributed by atoms with Crippen LogP contribution in [0.4, 0.5) is 0 Å². The molecule has 4 atom stereocenters. The zero-order chi connectivity index (χ0) is 18.6. The van der Waals surface area contributed by atoms with Crippen molar-refractivity contribution in [3.8, 4) is 0 Å². The molecular formula is C19H28N6O2. The smallest absolute Gasteiger partial charge is 0.165 e. The van der Waals surface area contributed by atoms with E-state index in [9.17, 15) is 0 Å². The molecule has 2 aromatic heterocycles. The molecule has 0 amide bonds. The molecule has 0 aromatic carbocycles. The fourth-order valence-electron chi connectivity index (χ4n) is 3.72. The lowest BCUT2D eigenvalue weighted by Gasteiger charge is -2.29. The molecule has 2 saturated heterocycles. The van der Waals surface area contributed by atoms with E-state index in [1.54, 1.807) is 18.9 Å². The van der Waals surface area contributed by atoms with Crippen LogP contribution in [0.2, 0.25) is 0 Å². The maximum Gasteiger partial charge on any atom is 0.165 e. The SMILES string of the molecule is CC1CCC(N2C=CCNC2)O1.CC1CCC(n2cnc3cncnc32)O1. The van der Waals surface area contributed by atoms with Crippen molar-refractivity contribution in [1.82, 2.24) is 29.7 Å². The average Bonchev–Trinajstić information content (AvgIpc) is 3.42. The van der Waals surface area contributed by atoms with Crippen LogP contribution in [0.1, 0.15) is 45.8 Å². The van der Waals surface area contributed by atoms with Crippen molar-refractivity contribution in [2.24, 2.45) is 0 Å². The summed E-state index contributed by atoms with van der Waals surface area (Å²) in [6, 6.07) is 0. The number of hydrogen-bond donors (Lipinski definition) is 1. The van der Waals surface area contributed by atoms with Crippen LogP contribution in [0.3, 0.4) is 0 Å². The van der Waals surface area contributed by atoms with Gasteiger partial charge in [0.15, 0.2) is 5.65 Å². The van der Waals surface area contributed by atoms with Crippen molar-refractivity contribution >= 4 is 11.2 Å². The Morgan fingerprint density at radius 2 is 1.81 bits per heavy atom. The molecule has 5 heterocycles. The van der Waals surface area contributed by atoms with Gasteiger partial charge in [-0.3, -0.25) is 9.88 Å². The molecule has 1 N–H and O–H groups in total. The third-order valence-corrected chi connectivity index (χ3v) is 5.19. The zero-order valence-electron chi connectivity index (χ0n) is 16.0. The Labute approximate surface area is 159 Å². The van der Waals surface area contributed by atoms with E-state index in [1.807, 2.05) is 4.57 Å². The third-order valence-electron chi connectivity index (χ3n) is 5.19. The van der Waals surface area contributed by atoms with E-state index in [2.05, 4.69) is 51.3 Å². The molecule has 3 aliphatic heterocycles. The average molecular weight is 372 g/mol. The molecule has 0 radical (unpaired) electrons. The summed E-state index contributed by atoms with van der Waals surface area (Å²) in [6.07, 6.45) is 14.9. The molecule has 0 spiro atoms. The van der Waals surface area contributed by atoms with Gasteiger partial charge in [-0.1, -0.05) is 6.08 Å². The minimum Gasteiger partial charge on any atom is -0.355 e. The van der Waals surface area contributed by atoms with Crippen molar-refractivity contribution in [3.05, 3.63) is 31.1 Å². The quantitative estimate of drug-likeness (QED) is 0.867. The number of aromatic nitrogens is 4. The summed E-state index contributed by atoms with van der Waals surface area (Å²) in [6.45, 7) is 6.14. The van der Waals surface area contributed by atoms with Gasteiger partial charge >= 0.3 is 0 Å². The molecule has 2 fully saturated rings. The van der Waals surface area contributed by atoms with E-state index in [4.69, 9.17) is 9.47 Å². The Hall–Kier alpha value is -2.03.